The minimum absolute atomic E-state index is 0.499. The van der Waals surface area contributed by atoms with Gasteiger partial charge in [-0.2, -0.15) is 0 Å². The first kappa shape index (κ1) is 21.1. The lowest BCUT2D eigenvalue weighted by Crippen LogP contribution is -2.46. The summed E-state index contributed by atoms with van der Waals surface area (Å²) in [4.78, 5) is 0. The summed E-state index contributed by atoms with van der Waals surface area (Å²) in [5.74, 6) is 1.14. The molecule has 1 atom stereocenters. The molecule has 2 heteroatoms. The Hall–Kier alpha value is -0.660. The lowest BCUT2D eigenvalue weighted by atomic mass is 9.59. The van der Waals surface area contributed by atoms with Gasteiger partial charge in [0.2, 0.25) is 0 Å². The SMILES string of the molecule is CCCCCC1CCC(CCC2(C3(F)C=CCC=C3F)CCCCC2)CC1. The van der Waals surface area contributed by atoms with Crippen molar-refractivity contribution >= 4 is 0 Å². The number of unbranched alkanes of at least 4 members (excludes halogenated alkanes) is 2. The molecule has 3 aliphatic carbocycles. The van der Waals surface area contributed by atoms with E-state index in [0.717, 1.165) is 50.4 Å². The smallest absolute Gasteiger partial charge is 0.185 e. The number of halogens is 2. The van der Waals surface area contributed by atoms with Gasteiger partial charge in [-0.15, -0.1) is 0 Å². The van der Waals surface area contributed by atoms with Crippen molar-refractivity contribution in [1.82, 2.24) is 0 Å². The van der Waals surface area contributed by atoms with Crippen LogP contribution in [0.3, 0.4) is 0 Å². The molecule has 3 aliphatic rings. The van der Waals surface area contributed by atoms with Crippen LogP contribution in [0.5, 0.6) is 0 Å². The molecule has 2 fully saturated rings. The Balaban J connectivity index is 1.56. The Morgan fingerprint density at radius 2 is 1.63 bits per heavy atom. The summed E-state index contributed by atoms with van der Waals surface area (Å²) in [5.41, 5.74) is -2.34. The van der Waals surface area contributed by atoms with Crippen LogP contribution in [-0.2, 0) is 0 Å². The van der Waals surface area contributed by atoms with Crippen LogP contribution in [0.4, 0.5) is 8.78 Å². The Labute approximate surface area is 165 Å². The first-order valence-electron chi connectivity index (χ1n) is 11.8. The van der Waals surface area contributed by atoms with E-state index in [9.17, 15) is 4.39 Å². The largest absolute Gasteiger partial charge is 0.231 e. The molecule has 0 aromatic heterocycles. The quantitative estimate of drug-likeness (QED) is 0.293. The molecule has 0 saturated heterocycles. The number of hydrogen-bond donors (Lipinski definition) is 0. The third-order valence-corrected chi connectivity index (χ3v) is 7.92. The van der Waals surface area contributed by atoms with Gasteiger partial charge in [-0.25, -0.2) is 8.78 Å². The monoisotopic (exact) mass is 378 g/mol. The summed E-state index contributed by atoms with van der Waals surface area (Å²) >= 11 is 0. The zero-order valence-electron chi connectivity index (χ0n) is 17.5. The molecule has 0 spiro atoms. The van der Waals surface area contributed by atoms with Crippen LogP contribution in [0.25, 0.3) is 0 Å². The van der Waals surface area contributed by atoms with E-state index in [4.69, 9.17) is 0 Å². The maximum Gasteiger partial charge on any atom is 0.185 e. The second-order valence-corrected chi connectivity index (χ2v) is 9.66. The fourth-order valence-corrected chi connectivity index (χ4v) is 6.06. The molecule has 1 unspecified atom stereocenters. The first-order chi connectivity index (χ1) is 13.1. The van der Waals surface area contributed by atoms with Gasteiger partial charge in [0.25, 0.3) is 0 Å². The van der Waals surface area contributed by atoms with Gasteiger partial charge in [-0.1, -0.05) is 83.6 Å². The van der Waals surface area contributed by atoms with Crippen molar-refractivity contribution in [2.24, 2.45) is 17.3 Å². The normalized spacial score (nSPS) is 33.7. The maximum atomic E-state index is 16.0. The molecule has 0 amide bonds. The summed E-state index contributed by atoms with van der Waals surface area (Å²) in [5, 5.41) is 0. The number of rotatable bonds is 8. The second kappa shape index (κ2) is 9.70. The fourth-order valence-electron chi connectivity index (χ4n) is 6.06. The van der Waals surface area contributed by atoms with Crippen LogP contribution in [-0.4, -0.2) is 5.67 Å². The zero-order chi connectivity index (χ0) is 19.2. The number of hydrogen-bond acceptors (Lipinski definition) is 0. The second-order valence-electron chi connectivity index (χ2n) is 9.66. The van der Waals surface area contributed by atoms with Crippen molar-refractivity contribution in [1.29, 1.82) is 0 Å². The summed E-state index contributed by atoms with van der Waals surface area (Å²) in [7, 11) is 0. The minimum Gasteiger partial charge on any atom is -0.231 e. The summed E-state index contributed by atoms with van der Waals surface area (Å²) in [6.07, 6.45) is 23.1. The van der Waals surface area contributed by atoms with E-state index in [-0.39, 0.29) is 0 Å². The van der Waals surface area contributed by atoms with Gasteiger partial charge in [-0.05, 0) is 56.1 Å². The molecule has 0 heterocycles. The van der Waals surface area contributed by atoms with Crippen molar-refractivity contribution in [3.8, 4) is 0 Å². The maximum absolute atomic E-state index is 16.0. The molecular weight excluding hydrogens is 338 g/mol. The summed E-state index contributed by atoms with van der Waals surface area (Å²) in [6, 6.07) is 0. The van der Waals surface area contributed by atoms with Gasteiger partial charge in [0.15, 0.2) is 5.67 Å². The fraction of sp³-hybridized carbons (Fsp3) is 0.840. The van der Waals surface area contributed by atoms with E-state index in [1.807, 2.05) is 6.08 Å². The summed E-state index contributed by atoms with van der Waals surface area (Å²) in [6.45, 7) is 2.27. The van der Waals surface area contributed by atoms with Gasteiger partial charge in [-0.3, -0.25) is 0 Å². The van der Waals surface area contributed by atoms with Crippen molar-refractivity contribution in [3.05, 3.63) is 24.1 Å². The highest BCUT2D eigenvalue weighted by atomic mass is 19.2. The predicted octanol–water partition coefficient (Wildman–Crippen LogP) is 8.63. The Morgan fingerprint density at radius 1 is 0.963 bits per heavy atom. The van der Waals surface area contributed by atoms with Crippen LogP contribution < -0.4 is 0 Å². The Bertz CT molecular complexity index is 506. The van der Waals surface area contributed by atoms with Crippen molar-refractivity contribution < 1.29 is 8.78 Å². The Morgan fingerprint density at radius 3 is 2.26 bits per heavy atom. The third-order valence-electron chi connectivity index (χ3n) is 7.92. The Kier molecular flexibility index (Phi) is 7.57. The van der Waals surface area contributed by atoms with Crippen molar-refractivity contribution in [3.63, 3.8) is 0 Å². The molecule has 0 aromatic rings. The van der Waals surface area contributed by atoms with Crippen LogP contribution in [0, 0.1) is 17.3 Å². The molecule has 0 radical (unpaired) electrons. The van der Waals surface area contributed by atoms with Crippen LogP contribution >= 0.6 is 0 Å². The standard InChI is InChI=1S/C25H40F2/c1-2-3-5-10-21-12-14-22(15-13-21)16-20-24(17-7-4-8-18-24)25(27)19-9-6-11-23(25)26/h9,11,19,21-22H,2-8,10,12-18,20H2,1H3. The zero-order valence-corrected chi connectivity index (χ0v) is 17.5. The average Bonchev–Trinajstić information content (AvgIpc) is 2.70. The van der Waals surface area contributed by atoms with Crippen LogP contribution in [0.15, 0.2) is 24.1 Å². The molecule has 2 saturated carbocycles. The molecule has 0 N–H and O–H groups in total. The van der Waals surface area contributed by atoms with E-state index >= 15 is 4.39 Å². The van der Waals surface area contributed by atoms with Gasteiger partial charge < -0.3 is 0 Å². The molecule has 0 aliphatic heterocycles. The van der Waals surface area contributed by atoms with E-state index in [1.165, 1.54) is 63.9 Å². The topological polar surface area (TPSA) is 0 Å². The van der Waals surface area contributed by atoms with Crippen LogP contribution in [0.2, 0.25) is 0 Å². The van der Waals surface area contributed by atoms with Crippen molar-refractivity contribution in [2.75, 3.05) is 0 Å². The number of alkyl halides is 1. The van der Waals surface area contributed by atoms with Gasteiger partial charge >= 0.3 is 0 Å². The number of allylic oxidation sites excluding steroid dienone is 4. The van der Waals surface area contributed by atoms with Gasteiger partial charge in [0.05, 0.1) is 0 Å². The van der Waals surface area contributed by atoms with Crippen molar-refractivity contribution in [2.45, 2.75) is 115 Å². The summed E-state index contributed by atoms with van der Waals surface area (Å²) < 4.78 is 30.6. The highest BCUT2D eigenvalue weighted by molar-refractivity contribution is 5.30. The third kappa shape index (κ3) is 4.85. The van der Waals surface area contributed by atoms with E-state index in [0.29, 0.717) is 6.42 Å². The van der Waals surface area contributed by atoms with E-state index in [2.05, 4.69) is 6.92 Å². The lowest BCUT2D eigenvalue weighted by molar-refractivity contribution is -0.00466. The minimum atomic E-state index is -1.84. The molecule has 0 bridgehead atoms. The van der Waals surface area contributed by atoms with E-state index < -0.39 is 16.9 Å². The molecular formula is C25H40F2. The lowest BCUT2D eigenvalue weighted by Gasteiger charge is -2.47. The molecule has 0 aromatic carbocycles. The van der Waals surface area contributed by atoms with Gasteiger partial charge in [0.1, 0.15) is 5.83 Å². The average molecular weight is 379 g/mol. The molecule has 27 heavy (non-hydrogen) atoms. The van der Waals surface area contributed by atoms with Gasteiger partial charge in [0, 0.05) is 5.41 Å². The highest BCUT2D eigenvalue weighted by Crippen LogP contribution is 2.56. The van der Waals surface area contributed by atoms with Crippen LogP contribution in [0.1, 0.15) is 110 Å². The first-order valence-corrected chi connectivity index (χ1v) is 11.8. The molecule has 3 rings (SSSR count). The molecule has 0 nitrogen and oxygen atoms in total. The predicted molar refractivity (Wildman–Crippen MR) is 111 cm³/mol. The molecule has 154 valence electrons. The van der Waals surface area contributed by atoms with E-state index in [1.54, 1.807) is 6.08 Å². The highest BCUT2D eigenvalue weighted by Gasteiger charge is 2.54.